The van der Waals surface area contributed by atoms with E-state index in [0.717, 1.165) is 54.1 Å². The lowest BCUT2D eigenvalue weighted by atomic mass is 9.97. The van der Waals surface area contributed by atoms with Crippen LogP contribution in [0.25, 0.3) is 0 Å². The van der Waals surface area contributed by atoms with Crippen LogP contribution >= 0.6 is 34.8 Å². The van der Waals surface area contributed by atoms with Crippen LogP contribution in [0.5, 0.6) is 0 Å². The van der Waals surface area contributed by atoms with Gasteiger partial charge in [0.1, 0.15) is 0 Å². The largest absolute Gasteiger partial charge is 0.387 e. The van der Waals surface area contributed by atoms with E-state index < -0.39 is 10.7 Å². The van der Waals surface area contributed by atoms with Crippen molar-refractivity contribution in [1.82, 2.24) is 5.32 Å². The fourth-order valence-corrected chi connectivity index (χ4v) is 5.31. The molecular formula is C29H28Cl3N5O3. The van der Waals surface area contributed by atoms with E-state index in [9.17, 15) is 9.59 Å². The Morgan fingerprint density at radius 3 is 2.40 bits per heavy atom. The third kappa shape index (κ3) is 6.81. The van der Waals surface area contributed by atoms with Gasteiger partial charge in [0, 0.05) is 48.2 Å². The normalized spacial score (nSPS) is 17.2. The Kier molecular flexibility index (Phi) is 8.99. The highest BCUT2D eigenvalue weighted by atomic mass is 35.5. The van der Waals surface area contributed by atoms with Gasteiger partial charge in [-0.15, -0.1) is 0 Å². The molecule has 0 radical (unpaired) electrons. The molecule has 3 amide bonds. The zero-order valence-corrected chi connectivity index (χ0v) is 23.7. The summed E-state index contributed by atoms with van der Waals surface area (Å²) in [5, 5.41) is 13.6. The van der Waals surface area contributed by atoms with Gasteiger partial charge in [-0.2, -0.15) is 0 Å². The Labute approximate surface area is 247 Å². The van der Waals surface area contributed by atoms with E-state index in [4.69, 9.17) is 39.6 Å². The number of urea groups is 1. The summed E-state index contributed by atoms with van der Waals surface area (Å²) >= 11 is 18.0. The van der Waals surface area contributed by atoms with Crippen LogP contribution in [0.4, 0.5) is 21.9 Å². The molecule has 1 saturated heterocycles. The van der Waals surface area contributed by atoms with Gasteiger partial charge >= 0.3 is 6.03 Å². The molecule has 2 heterocycles. The lowest BCUT2D eigenvalue weighted by Gasteiger charge is -2.35. The molecule has 0 saturated carbocycles. The number of amides is 3. The zero-order valence-electron chi connectivity index (χ0n) is 21.4. The van der Waals surface area contributed by atoms with Gasteiger partial charge in [-0.25, -0.2) is 4.79 Å². The second-order valence-electron chi connectivity index (χ2n) is 9.61. The minimum atomic E-state index is -1.16. The number of oxime groups is 1. The highest BCUT2D eigenvalue weighted by molar-refractivity contribution is 6.54. The van der Waals surface area contributed by atoms with Crippen molar-refractivity contribution >= 4 is 69.5 Å². The number of para-hydroxylation sites is 1. The monoisotopic (exact) mass is 599 g/mol. The van der Waals surface area contributed by atoms with Gasteiger partial charge in [0.2, 0.25) is 0 Å². The maximum atomic E-state index is 12.4. The van der Waals surface area contributed by atoms with E-state index in [-0.39, 0.29) is 18.2 Å². The molecule has 0 spiro atoms. The number of anilines is 3. The third-order valence-corrected chi connectivity index (χ3v) is 7.59. The SMILES string of the molecule is O=C(Nc1ccccc1)NC1CCN(c2cccc(Cl)c2C2=NOC(c3cccc(NC(=O)C(Cl)Cl)c3)C2)CC1. The Bertz CT molecular complexity index is 1390. The first kappa shape index (κ1) is 28.1. The van der Waals surface area contributed by atoms with Crippen molar-refractivity contribution in [1.29, 1.82) is 0 Å². The first-order valence-corrected chi connectivity index (χ1v) is 14.2. The van der Waals surface area contributed by atoms with E-state index in [2.05, 4.69) is 26.0 Å². The molecule has 0 aromatic heterocycles. The predicted octanol–water partition coefficient (Wildman–Crippen LogP) is 6.74. The van der Waals surface area contributed by atoms with Gasteiger partial charge in [-0.1, -0.05) is 76.4 Å². The standard InChI is InChI=1S/C29H28Cl3N5O3/c30-22-10-5-11-24(37-14-12-20(13-15-37)35-29(39)34-19-7-2-1-3-8-19)26(22)23-17-25(40-36-23)18-6-4-9-21(16-18)33-28(38)27(31)32/h1-11,16,20,25,27H,12-15,17H2,(H,33,38)(H2,34,35,39). The molecule has 1 atom stereocenters. The van der Waals surface area contributed by atoms with Crippen LogP contribution in [0.2, 0.25) is 5.02 Å². The Hall–Kier alpha value is -3.46. The molecule has 3 aromatic rings. The van der Waals surface area contributed by atoms with Gasteiger partial charge in [0.15, 0.2) is 10.9 Å². The average Bonchev–Trinajstić information content (AvgIpc) is 3.44. The number of alkyl halides is 2. The van der Waals surface area contributed by atoms with Crippen LogP contribution in [0.15, 0.2) is 78.0 Å². The molecule has 40 heavy (non-hydrogen) atoms. The first-order valence-electron chi connectivity index (χ1n) is 13.0. The van der Waals surface area contributed by atoms with E-state index in [1.54, 1.807) is 6.07 Å². The van der Waals surface area contributed by atoms with Crippen LogP contribution in [0.3, 0.4) is 0 Å². The van der Waals surface area contributed by atoms with Crippen molar-refractivity contribution in [3.05, 3.63) is 88.9 Å². The number of nitrogens with zero attached hydrogens (tertiary/aromatic N) is 2. The summed E-state index contributed by atoms with van der Waals surface area (Å²) in [6.07, 6.45) is 1.77. The maximum absolute atomic E-state index is 12.4. The number of hydrogen-bond acceptors (Lipinski definition) is 5. The van der Waals surface area contributed by atoms with Crippen LogP contribution < -0.4 is 20.9 Å². The summed E-state index contributed by atoms with van der Waals surface area (Å²) in [6, 6.07) is 22.4. The molecule has 8 nitrogen and oxygen atoms in total. The van der Waals surface area contributed by atoms with Crippen LogP contribution in [-0.2, 0) is 9.63 Å². The van der Waals surface area contributed by atoms with Crippen LogP contribution in [0, 0.1) is 0 Å². The van der Waals surface area contributed by atoms with Crippen molar-refractivity contribution in [3.63, 3.8) is 0 Å². The number of benzene rings is 3. The molecule has 208 valence electrons. The van der Waals surface area contributed by atoms with Crippen molar-refractivity contribution < 1.29 is 14.4 Å². The van der Waals surface area contributed by atoms with Gasteiger partial charge < -0.3 is 25.7 Å². The fourth-order valence-electron chi connectivity index (χ4n) is 4.92. The van der Waals surface area contributed by atoms with Crippen molar-refractivity contribution in [2.24, 2.45) is 5.16 Å². The van der Waals surface area contributed by atoms with E-state index >= 15 is 0 Å². The third-order valence-electron chi connectivity index (χ3n) is 6.88. The quantitative estimate of drug-likeness (QED) is 0.262. The minimum Gasteiger partial charge on any atom is -0.387 e. The van der Waals surface area contributed by atoms with Crippen LogP contribution in [-0.4, -0.2) is 41.6 Å². The molecule has 2 aliphatic rings. The lowest BCUT2D eigenvalue weighted by molar-refractivity contribution is -0.114. The molecule has 1 unspecified atom stereocenters. The molecule has 2 aliphatic heterocycles. The van der Waals surface area contributed by atoms with E-state index in [1.165, 1.54) is 0 Å². The summed E-state index contributed by atoms with van der Waals surface area (Å²) in [5.41, 5.74) is 4.76. The molecule has 1 fully saturated rings. The number of piperidine rings is 1. The van der Waals surface area contributed by atoms with Crippen molar-refractivity contribution in [3.8, 4) is 0 Å². The minimum absolute atomic E-state index is 0.0692. The summed E-state index contributed by atoms with van der Waals surface area (Å²) in [7, 11) is 0. The summed E-state index contributed by atoms with van der Waals surface area (Å²) in [6.45, 7) is 1.51. The highest BCUT2D eigenvalue weighted by Gasteiger charge is 2.30. The average molecular weight is 601 g/mol. The van der Waals surface area contributed by atoms with Crippen molar-refractivity contribution in [2.75, 3.05) is 28.6 Å². The lowest BCUT2D eigenvalue weighted by Crippen LogP contribution is -2.46. The number of hydrogen-bond donors (Lipinski definition) is 3. The second-order valence-corrected chi connectivity index (χ2v) is 11.1. The van der Waals surface area contributed by atoms with E-state index in [1.807, 2.05) is 66.7 Å². The predicted molar refractivity (Wildman–Crippen MR) is 161 cm³/mol. The molecule has 0 aliphatic carbocycles. The molecular weight excluding hydrogens is 573 g/mol. The van der Waals surface area contributed by atoms with Gasteiger partial charge in [0.05, 0.1) is 10.7 Å². The topological polar surface area (TPSA) is 95.1 Å². The highest BCUT2D eigenvalue weighted by Crippen LogP contribution is 2.37. The Balaban J connectivity index is 1.22. The fraction of sp³-hybridized carbons (Fsp3) is 0.276. The summed E-state index contributed by atoms with van der Waals surface area (Å²) in [4.78, 5) is 31.2. The van der Waals surface area contributed by atoms with Gasteiger partial charge in [-0.3, -0.25) is 4.79 Å². The summed E-state index contributed by atoms with van der Waals surface area (Å²) in [5.74, 6) is -0.499. The van der Waals surface area contributed by atoms with Gasteiger partial charge in [-0.05, 0) is 54.8 Å². The molecule has 0 bridgehead atoms. The van der Waals surface area contributed by atoms with Crippen molar-refractivity contribution in [2.45, 2.75) is 36.2 Å². The smallest absolute Gasteiger partial charge is 0.319 e. The van der Waals surface area contributed by atoms with E-state index in [0.29, 0.717) is 17.1 Å². The first-order chi connectivity index (χ1) is 19.4. The molecule has 3 N–H and O–H groups in total. The number of carbonyl (C=O) groups excluding carboxylic acids is 2. The van der Waals surface area contributed by atoms with Gasteiger partial charge in [0.25, 0.3) is 5.91 Å². The molecule has 3 aromatic carbocycles. The maximum Gasteiger partial charge on any atom is 0.319 e. The number of carbonyl (C=O) groups is 2. The molecule has 11 heteroatoms. The number of rotatable bonds is 7. The Morgan fingerprint density at radius 2 is 1.65 bits per heavy atom. The Morgan fingerprint density at radius 1 is 0.925 bits per heavy atom. The summed E-state index contributed by atoms with van der Waals surface area (Å²) < 4.78 is 0. The molecule has 5 rings (SSSR count). The number of nitrogens with one attached hydrogen (secondary N) is 3. The number of halogens is 3. The zero-order chi connectivity index (χ0) is 28.1. The second kappa shape index (κ2) is 12.8. The van der Waals surface area contributed by atoms with Crippen LogP contribution in [0.1, 0.15) is 36.5 Å².